The molecule has 2 aromatic carbocycles. The molecule has 19 heavy (non-hydrogen) atoms. The summed E-state index contributed by atoms with van der Waals surface area (Å²) in [5.41, 5.74) is 2.86. The van der Waals surface area contributed by atoms with E-state index in [1.807, 2.05) is 30.3 Å². The normalized spacial score (nSPS) is 10.0. The summed E-state index contributed by atoms with van der Waals surface area (Å²) in [6.45, 7) is 0. The van der Waals surface area contributed by atoms with E-state index >= 15 is 0 Å². The van der Waals surface area contributed by atoms with E-state index in [2.05, 4.69) is 5.43 Å². The number of amides is 1. The average molecular weight is 277 g/mol. The molecule has 4 nitrogen and oxygen atoms in total. The standard InChI is InChI=1S/C14H13ClN2O2/c15-12-7-6-10(9-14(18)17-16)8-13(12)19-11-4-2-1-3-5-11/h1-8H,9,16H2,(H,17,18). The van der Waals surface area contributed by atoms with E-state index in [0.29, 0.717) is 16.5 Å². The average Bonchev–Trinajstić information content (AvgIpc) is 2.43. The molecule has 0 spiro atoms. The maximum Gasteiger partial charge on any atom is 0.238 e. The Balaban J connectivity index is 2.20. The van der Waals surface area contributed by atoms with Gasteiger partial charge >= 0.3 is 0 Å². The van der Waals surface area contributed by atoms with Crippen LogP contribution in [0.4, 0.5) is 0 Å². The zero-order valence-corrected chi connectivity index (χ0v) is 10.9. The first-order chi connectivity index (χ1) is 9.19. The molecule has 0 heterocycles. The molecule has 0 aromatic heterocycles. The zero-order valence-electron chi connectivity index (χ0n) is 10.1. The van der Waals surface area contributed by atoms with Gasteiger partial charge in [0, 0.05) is 0 Å². The molecular weight excluding hydrogens is 264 g/mol. The molecule has 0 bridgehead atoms. The van der Waals surface area contributed by atoms with Crippen LogP contribution in [-0.4, -0.2) is 5.91 Å². The van der Waals surface area contributed by atoms with Gasteiger partial charge in [0.1, 0.15) is 11.5 Å². The highest BCUT2D eigenvalue weighted by Crippen LogP contribution is 2.30. The SMILES string of the molecule is NNC(=O)Cc1ccc(Cl)c(Oc2ccccc2)c1. The maximum absolute atomic E-state index is 11.2. The number of carbonyl (C=O) groups is 1. The van der Waals surface area contributed by atoms with E-state index in [-0.39, 0.29) is 12.3 Å². The lowest BCUT2D eigenvalue weighted by Crippen LogP contribution is -2.31. The third kappa shape index (κ3) is 3.71. The molecule has 2 rings (SSSR count). The number of rotatable bonds is 4. The van der Waals surface area contributed by atoms with Gasteiger partial charge in [-0.1, -0.05) is 35.9 Å². The van der Waals surface area contributed by atoms with Gasteiger partial charge in [-0.25, -0.2) is 5.84 Å². The van der Waals surface area contributed by atoms with Gasteiger partial charge in [0.2, 0.25) is 5.91 Å². The highest BCUT2D eigenvalue weighted by Gasteiger charge is 2.07. The van der Waals surface area contributed by atoms with Crippen molar-refractivity contribution in [3.05, 3.63) is 59.1 Å². The van der Waals surface area contributed by atoms with Gasteiger partial charge < -0.3 is 4.74 Å². The van der Waals surface area contributed by atoms with E-state index in [0.717, 1.165) is 5.56 Å². The summed E-state index contributed by atoms with van der Waals surface area (Å²) >= 11 is 6.07. The van der Waals surface area contributed by atoms with Crippen molar-refractivity contribution in [2.75, 3.05) is 0 Å². The van der Waals surface area contributed by atoms with E-state index in [9.17, 15) is 4.79 Å². The smallest absolute Gasteiger partial charge is 0.238 e. The van der Waals surface area contributed by atoms with E-state index in [1.54, 1.807) is 18.2 Å². The van der Waals surface area contributed by atoms with Crippen molar-refractivity contribution in [3.63, 3.8) is 0 Å². The van der Waals surface area contributed by atoms with Crippen LogP contribution in [0.1, 0.15) is 5.56 Å². The maximum atomic E-state index is 11.2. The number of ether oxygens (including phenoxy) is 1. The summed E-state index contributed by atoms with van der Waals surface area (Å²) in [4.78, 5) is 11.2. The van der Waals surface area contributed by atoms with E-state index in [1.165, 1.54) is 0 Å². The fraction of sp³-hybridized carbons (Fsp3) is 0.0714. The van der Waals surface area contributed by atoms with Crippen molar-refractivity contribution in [2.24, 2.45) is 5.84 Å². The van der Waals surface area contributed by atoms with Crippen LogP contribution in [-0.2, 0) is 11.2 Å². The van der Waals surface area contributed by atoms with Gasteiger partial charge in [-0.15, -0.1) is 0 Å². The van der Waals surface area contributed by atoms with Gasteiger partial charge in [0.15, 0.2) is 0 Å². The number of nitrogens with one attached hydrogen (secondary N) is 1. The summed E-state index contributed by atoms with van der Waals surface area (Å²) in [6, 6.07) is 14.5. The largest absolute Gasteiger partial charge is 0.456 e. The first kappa shape index (κ1) is 13.4. The number of nitrogens with two attached hydrogens (primary N) is 1. The van der Waals surface area contributed by atoms with Gasteiger partial charge in [-0.2, -0.15) is 0 Å². The predicted octanol–water partition coefficient (Wildman–Crippen LogP) is 2.66. The van der Waals surface area contributed by atoms with Crippen LogP contribution in [0.5, 0.6) is 11.5 Å². The van der Waals surface area contributed by atoms with Crippen LogP contribution < -0.4 is 16.0 Å². The van der Waals surface area contributed by atoms with Crippen molar-refractivity contribution in [3.8, 4) is 11.5 Å². The fourth-order valence-corrected chi connectivity index (χ4v) is 1.74. The molecular formula is C14H13ClN2O2. The topological polar surface area (TPSA) is 64.3 Å². The number of hydrazine groups is 1. The quantitative estimate of drug-likeness (QED) is 0.513. The minimum absolute atomic E-state index is 0.179. The third-order valence-electron chi connectivity index (χ3n) is 2.49. The molecule has 0 unspecified atom stereocenters. The monoisotopic (exact) mass is 276 g/mol. The Morgan fingerprint density at radius 1 is 1.21 bits per heavy atom. The molecule has 2 aromatic rings. The van der Waals surface area contributed by atoms with Crippen molar-refractivity contribution < 1.29 is 9.53 Å². The van der Waals surface area contributed by atoms with Gasteiger partial charge in [0.05, 0.1) is 11.4 Å². The van der Waals surface area contributed by atoms with Crippen LogP contribution in [0.25, 0.3) is 0 Å². The van der Waals surface area contributed by atoms with Crippen LogP contribution >= 0.6 is 11.6 Å². The van der Waals surface area contributed by atoms with Gasteiger partial charge in [0.25, 0.3) is 0 Å². The Morgan fingerprint density at radius 3 is 2.63 bits per heavy atom. The van der Waals surface area contributed by atoms with Crippen LogP contribution in [0.3, 0.4) is 0 Å². The number of carbonyl (C=O) groups excluding carboxylic acids is 1. The van der Waals surface area contributed by atoms with E-state index < -0.39 is 0 Å². The number of hydrogen-bond acceptors (Lipinski definition) is 3. The third-order valence-corrected chi connectivity index (χ3v) is 2.80. The summed E-state index contributed by atoms with van der Waals surface area (Å²) in [5.74, 6) is 5.98. The van der Waals surface area contributed by atoms with Crippen LogP contribution in [0, 0.1) is 0 Å². The number of para-hydroxylation sites is 1. The molecule has 0 saturated heterocycles. The predicted molar refractivity (Wildman–Crippen MR) is 74.0 cm³/mol. The molecule has 5 heteroatoms. The first-order valence-electron chi connectivity index (χ1n) is 5.70. The van der Waals surface area contributed by atoms with Crippen molar-refractivity contribution in [1.29, 1.82) is 0 Å². The molecule has 1 amide bonds. The molecule has 0 saturated carbocycles. The molecule has 0 atom stereocenters. The zero-order chi connectivity index (χ0) is 13.7. The molecule has 0 aliphatic rings. The second-order valence-corrected chi connectivity index (χ2v) is 4.33. The molecule has 98 valence electrons. The van der Waals surface area contributed by atoms with Crippen molar-refractivity contribution in [1.82, 2.24) is 5.43 Å². The lowest BCUT2D eigenvalue weighted by Gasteiger charge is -2.09. The van der Waals surface area contributed by atoms with Gasteiger partial charge in [-0.05, 0) is 29.8 Å². The molecule has 0 aliphatic carbocycles. The Bertz CT molecular complexity index is 573. The Morgan fingerprint density at radius 2 is 1.95 bits per heavy atom. The first-order valence-corrected chi connectivity index (χ1v) is 6.07. The highest BCUT2D eigenvalue weighted by molar-refractivity contribution is 6.32. The highest BCUT2D eigenvalue weighted by atomic mass is 35.5. The minimum atomic E-state index is -0.270. The molecule has 3 N–H and O–H groups in total. The van der Waals surface area contributed by atoms with Crippen molar-refractivity contribution >= 4 is 17.5 Å². The van der Waals surface area contributed by atoms with E-state index in [4.69, 9.17) is 22.2 Å². The van der Waals surface area contributed by atoms with Crippen LogP contribution in [0.2, 0.25) is 5.02 Å². The molecule has 0 radical (unpaired) electrons. The summed E-state index contributed by atoms with van der Waals surface area (Å²) in [5, 5.41) is 0.487. The Hall–Kier alpha value is -2.04. The lowest BCUT2D eigenvalue weighted by atomic mass is 10.1. The Kier molecular flexibility index (Phi) is 4.39. The molecule has 0 aliphatic heterocycles. The van der Waals surface area contributed by atoms with Crippen molar-refractivity contribution in [2.45, 2.75) is 6.42 Å². The van der Waals surface area contributed by atoms with Gasteiger partial charge in [-0.3, -0.25) is 10.2 Å². The second-order valence-electron chi connectivity index (χ2n) is 3.92. The summed E-state index contributed by atoms with van der Waals surface area (Å²) < 4.78 is 5.67. The summed E-state index contributed by atoms with van der Waals surface area (Å²) in [6.07, 6.45) is 0.179. The Labute approximate surface area is 116 Å². The number of hydrogen-bond donors (Lipinski definition) is 2. The number of halogens is 1. The fourth-order valence-electron chi connectivity index (χ4n) is 1.59. The van der Waals surface area contributed by atoms with Crippen LogP contribution in [0.15, 0.2) is 48.5 Å². The minimum Gasteiger partial charge on any atom is -0.456 e. The lowest BCUT2D eigenvalue weighted by molar-refractivity contribution is -0.120. The number of benzene rings is 2. The second kappa shape index (κ2) is 6.22. The summed E-state index contributed by atoms with van der Waals surface area (Å²) in [7, 11) is 0. The molecule has 0 fully saturated rings.